The monoisotopic (exact) mass is 320 g/mol. The van der Waals surface area contributed by atoms with Crippen molar-refractivity contribution in [3.63, 3.8) is 0 Å². The van der Waals surface area contributed by atoms with E-state index in [-0.39, 0.29) is 0 Å². The number of hydrogen-bond donors (Lipinski definition) is 0. The Labute approximate surface area is 138 Å². The van der Waals surface area contributed by atoms with Gasteiger partial charge in [0, 0.05) is 0 Å². The van der Waals surface area contributed by atoms with Crippen LogP contribution < -0.4 is 15.6 Å². The molecule has 0 N–H and O–H groups in total. The zero-order chi connectivity index (χ0) is 16.4. The van der Waals surface area contributed by atoms with Crippen molar-refractivity contribution in [3.05, 3.63) is 89.5 Å². The number of rotatable bonds is 3. The van der Waals surface area contributed by atoms with E-state index in [2.05, 4.69) is 0 Å². The second kappa shape index (κ2) is 6.13. The van der Waals surface area contributed by atoms with Crippen molar-refractivity contribution in [1.82, 2.24) is 0 Å². The lowest BCUT2D eigenvalue weighted by Gasteiger charge is -2.28. The van der Waals surface area contributed by atoms with E-state index in [0.717, 1.165) is 32.3 Å². The van der Waals surface area contributed by atoms with Crippen molar-refractivity contribution in [3.8, 4) is 0 Å². The van der Waals surface area contributed by atoms with Crippen LogP contribution in [-0.4, -0.2) is 8.41 Å². The maximum absolute atomic E-state index is 16.9. The van der Waals surface area contributed by atoms with Gasteiger partial charge in [0.1, 0.15) is 0 Å². The van der Waals surface area contributed by atoms with E-state index in [9.17, 15) is 0 Å². The summed E-state index contributed by atoms with van der Waals surface area (Å²) in [5.41, 5.74) is 3.06. The SMILES string of the molecule is Cc1ccccc1[Si](F)(c1ccccc1C)c1ccccc1C. The smallest absolute Gasteiger partial charge is 0.296 e. The van der Waals surface area contributed by atoms with Crippen molar-refractivity contribution in [2.24, 2.45) is 0 Å². The van der Waals surface area contributed by atoms with Gasteiger partial charge in [0.05, 0.1) is 0 Å². The Kier molecular flexibility index (Phi) is 4.18. The summed E-state index contributed by atoms with van der Waals surface area (Å²) < 4.78 is 16.9. The first kappa shape index (κ1) is 15.7. The van der Waals surface area contributed by atoms with Crippen LogP contribution in [0.5, 0.6) is 0 Å². The number of benzene rings is 3. The fraction of sp³-hybridized carbons (Fsp3) is 0.143. The fourth-order valence-electron chi connectivity index (χ4n) is 3.31. The zero-order valence-corrected chi connectivity index (χ0v) is 14.8. The first-order chi connectivity index (χ1) is 11.0. The number of aryl methyl sites for hydroxylation is 3. The van der Waals surface area contributed by atoms with Gasteiger partial charge >= 0.3 is 8.41 Å². The lowest BCUT2D eigenvalue weighted by molar-refractivity contribution is 0.840. The van der Waals surface area contributed by atoms with Crippen molar-refractivity contribution in [2.75, 3.05) is 0 Å². The minimum Gasteiger partial charge on any atom is -0.296 e. The van der Waals surface area contributed by atoms with E-state index in [0.29, 0.717) is 0 Å². The molecular formula is C21H21FSi. The second-order valence-corrected chi connectivity index (χ2v) is 9.04. The molecule has 0 bridgehead atoms. The van der Waals surface area contributed by atoms with E-state index in [4.69, 9.17) is 0 Å². The van der Waals surface area contributed by atoms with E-state index in [1.54, 1.807) is 0 Å². The molecule has 3 aromatic rings. The molecule has 116 valence electrons. The summed E-state index contributed by atoms with van der Waals surface area (Å²) in [4.78, 5) is 0. The maximum atomic E-state index is 16.9. The van der Waals surface area contributed by atoms with Crippen molar-refractivity contribution in [2.45, 2.75) is 20.8 Å². The molecule has 0 saturated heterocycles. The molecule has 0 fully saturated rings. The first-order valence-corrected chi connectivity index (χ1v) is 9.80. The Morgan fingerprint density at radius 2 is 0.783 bits per heavy atom. The summed E-state index contributed by atoms with van der Waals surface area (Å²) in [6.45, 7) is 6.02. The van der Waals surface area contributed by atoms with Crippen LogP contribution in [0.15, 0.2) is 72.8 Å². The quantitative estimate of drug-likeness (QED) is 0.393. The van der Waals surface area contributed by atoms with Gasteiger partial charge in [-0.3, -0.25) is 4.11 Å². The third kappa shape index (κ3) is 2.64. The highest BCUT2D eigenvalue weighted by Crippen LogP contribution is 2.15. The molecule has 2 heteroatoms. The summed E-state index contributed by atoms with van der Waals surface area (Å²) in [5.74, 6) is 0. The van der Waals surface area contributed by atoms with Gasteiger partial charge < -0.3 is 0 Å². The molecule has 0 heterocycles. The molecule has 0 saturated carbocycles. The van der Waals surface area contributed by atoms with Gasteiger partial charge in [-0.15, -0.1) is 0 Å². The Morgan fingerprint density at radius 3 is 1.04 bits per heavy atom. The van der Waals surface area contributed by atoms with E-state index < -0.39 is 8.41 Å². The van der Waals surface area contributed by atoms with Gasteiger partial charge in [-0.25, -0.2) is 0 Å². The van der Waals surface area contributed by atoms with Crippen molar-refractivity contribution >= 4 is 24.0 Å². The Hall–Kier alpha value is -2.19. The lowest BCUT2D eigenvalue weighted by Crippen LogP contribution is -2.66. The first-order valence-electron chi connectivity index (χ1n) is 7.92. The van der Waals surface area contributed by atoms with Gasteiger partial charge in [-0.2, -0.15) is 0 Å². The molecule has 0 aliphatic carbocycles. The average Bonchev–Trinajstić information content (AvgIpc) is 2.55. The van der Waals surface area contributed by atoms with Crippen LogP contribution >= 0.6 is 0 Å². The molecule has 0 unspecified atom stereocenters. The maximum Gasteiger partial charge on any atom is 0.340 e. The average molecular weight is 320 g/mol. The third-order valence-electron chi connectivity index (χ3n) is 4.55. The van der Waals surface area contributed by atoms with Gasteiger partial charge in [-0.05, 0) is 53.0 Å². The van der Waals surface area contributed by atoms with Crippen LogP contribution in [0.25, 0.3) is 0 Å². The van der Waals surface area contributed by atoms with E-state index in [1.165, 1.54) is 0 Å². The largest absolute Gasteiger partial charge is 0.340 e. The summed E-state index contributed by atoms with van der Waals surface area (Å²) in [7, 11) is -3.51. The molecule has 3 aromatic carbocycles. The molecule has 23 heavy (non-hydrogen) atoms. The number of halogens is 1. The molecule has 0 aliphatic rings. The highest BCUT2D eigenvalue weighted by atomic mass is 28.4. The van der Waals surface area contributed by atoms with Crippen LogP contribution in [0.2, 0.25) is 0 Å². The molecule has 0 aromatic heterocycles. The molecule has 0 atom stereocenters. The van der Waals surface area contributed by atoms with Gasteiger partial charge in [0.15, 0.2) is 0 Å². The highest BCUT2D eigenvalue weighted by molar-refractivity contribution is 7.07. The molecule has 3 rings (SSSR count). The van der Waals surface area contributed by atoms with Gasteiger partial charge in [0.2, 0.25) is 0 Å². The minimum absolute atomic E-state index is 0.851. The predicted octanol–water partition coefficient (Wildman–Crippen LogP) is 3.55. The summed E-state index contributed by atoms with van der Waals surface area (Å²) >= 11 is 0. The normalized spacial score (nSPS) is 11.5. The van der Waals surface area contributed by atoms with E-state index in [1.807, 2.05) is 93.6 Å². The van der Waals surface area contributed by atoms with E-state index >= 15 is 4.11 Å². The van der Waals surface area contributed by atoms with Gasteiger partial charge in [-0.1, -0.05) is 72.8 Å². The van der Waals surface area contributed by atoms with Gasteiger partial charge in [0.25, 0.3) is 0 Å². The molecule has 0 radical (unpaired) electrons. The lowest BCUT2D eigenvalue weighted by atomic mass is 10.2. The minimum atomic E-state index is -3.51. The fourth-order valence-corrected chi connectivity index (χ4v) is 7.04. The molecule has 0 amide bonds. The highest BCUT2D eigenvalue weighted by Gasteiger charge is 2.43. The summed E-state index contributed by atoms with van der Waals surface area (Å²) in [5, 5.41) is 2.55. The van der Waals surface area contributed by atoms with Crippen LogP contribution in [0, 0.1) is 20.8 Å². The number of hydrogen-bond acceptors (Lipinski definition) is 0. The second-order valence-electron chi connectivity index (χ2n) is 6.10. The third-order valence-corrected chi connectivity index (χ3v) is 8.46. The standard InChI is InChI=1S/C21H21FSi/c1-16-10-4-7-13-19(16)23(22,20-14-8-5-11-17(20)2)21-15-9-6-12-18(21)3/h4-15H,1-3H3. The summed E-state index contributed by atoms with van der Waals surface area (Å²) in [6.07, 6.45) is 0. The van der Waals surface area contributed by atoms with Crippen LogP contribution in [0.4, 0.5) is 4.11 Å². The molecule has 0 nitrogen and oxygen atoms in total. The molecule has 0 spiro atoms. The Bertz CT molecular complexity index is 728. The molecule has 0 aliphatic heterocycles. The topological polar surface area (TPSA) is 0 Å². The molecular weight excluding hydrogens is 299 g/mol. The van der Waals surface area contributed by atoms with Crippen LogP contribution in [0.3, 0.4) is 0 Å². The predicted molar refractivity (Wildman–Crippen MR) is 99.3 cm³/mol. The zero-order valence-electron chi connectivity index (χ0n) is 13.8. The van der Waals surface area contributed by atoms with Crippen LogP contribution in [0.1, 0.15) is 16.7 Å². The van der Waals surface area contributed by atoms with Crippen molar-refractivity contribution in [1.29, 1.82) is 0 Å². The Balaban J connectivity index is 2.38. The van der Waals surface area contributed by atoms with Crippen LogP contribution in [-0.2, 0) is 0 Å². The van der Waals surface area contributed by atoms with Crippen molar-refractivity contribution < 1.29 is 4.11 Å². The summed E-state index contributed by atoms with van der Waals surface area (Å²) in [6, 6.07) is 23.7. The Morgan fingerprint density at radius 1 is 0.522 bits per heavy atom.